The number of para-hydroxylation sites is 1. The van der Waals surface area contributed by atoms with Crippen molar-refractivity contribution in [2.24, 2.45) is 0 Å². The maximum absolute atomic E-state index is 14.1. The number of hydrogen-bond acceptors (Lipinski definition) is 4. The maximum atomic E-state index is 14.1. The molecule has 0 heterocycles. The second-order valence-electron chi connectivity index (χ2n) is 4.52. The van der Waals surface area contributed by atoms with E-state index in [9.17, 15) is 17.2 Å². The molecule has 0 aromatic heterocycles. The van der Waals surface area contributed by atoms with Crippen LogP contribution in [0.4, 0.5) is 14.5 Å². The van der Waals surface area contributed by atoms with E-state index in [2.05, 4.69) is 0 Å². The molecular formula is C15H12F2N2O3S. The molecule has 2 aromatic carbocycles. The Balaban J connectivity index is 2.62. The zero-order valence-corrected chi connectivity index (χ0v) is 12.6. The Labute approximate surface area is 132 Å². The molecule has 0 fully saturated rings. The molecule has 0 radical (unpaired) electrons. The molecule has 8 heteroatoms. The van der Waals surface area contributed by atoms with Gasteiger partial charge < -0.3 is 5.11 Å². The number of nitrogens with zero attached hydrogens (tertiary/aromatic N) is 2. The number of halogens is 2. The predicted octanol–water partition coefficient (Wildman–Crippen LogP) is 2.02. The van der Waals surface area contributed by atoms with Crippen LogP contribution in [0.15, 0.2) is 47.4 Å². The highest BCUT2D eigenvalue weighted by atomic mass is 32.2. The van der Waals surface area contributed by atoms with Gasteiger partial charge in [-0.15, -0.1) is 0 Å². The van der Waals surface area contributed by atoms with E-state index >= 15 is 0 Å². The summed E-state index contributed by atoms with van der Waals surface area (Å²) in [5.74, 6) is -2.72. The number of aliphatic hydroxyl groups is 1. The Bertz CT molecular complexity index is 826. The highest BCUT2D eigenvalue weighted by Gasteiger charge is 2.31. The third-order valence-corrected chi connectivity index (χ3v) is 4.90. The van der Waals surface area contributed by atoms with Crippen molar-refractivity contribution < 1.29 is 22.3 Å². The molecular weight excluding hydrogens is 326 g/mol. The van der Waals surface area contributed by atoms with Crippen molar-refractivity contribution in [2.45, 2.75) is 4.90 Å². The summed E-state index contributed by atoms with van der Waals surface area (Å²) in [6.45, 7) is -0.904. The Morgan fingerprint density at radius 3 is 2.17 bits per heavy atom. The van der Waals surface area contributed by atoms with Crippen molar-refractivity contribution in [3.63, 3.8) is 0 Å². The van der Waals surface area contributed by atoms with E-state index in [1.54, 1.807) is 24.3 Å². The monoisotopic (exact) mass is 338 g/mol. The van der Waals surface area contributed by atoms with Gasteiger partial charge in [0.1, 0.15) is 11.6 Å². The predicted molar refractivity (Wildman–Crippen MR) is 79.1 cm³/mol. The van der Waals surface area contributed by atoms with Gasteiger partial charge in [-0.3, -0.25) is 4.31 Å². The van der Waals surface area contributed by atoms with Crippen LogP contribution in [0.25, 0.3) is 0 Å². The van der Waals surface area contributed by atoms with Crippen LogP contribution in [0.2, 0.25) is 0 Å². The third kappa shape index (κ3) is 3.31. The molecule has 23 heavy (non-hydrogen) atoms. The molecule has 0 bridgehead atoms. The molecule has 0 atom stereocenters. The molecule has 0 saturated heterocycles. The molecule has 1 N–H and O–H groups in total. The summed E-state index contributed by atoms with van der Waals surface area (Å²) in [4.78, 5) is -1.16. The fraction of sp³-hybridized carbons (Fsp3) is 0.133. The molecule has 5 nitrogen and oxygen atoms in total. The summed E-state index contributed by atoms with van der Waals surface area (Å²) in [7, 11) is -4.59. The standard InChI is InChI=1S/C15H12F2N2O3S/c16-13-8-11(10-18)9-14(17)15(13)23(21,22)19(6-7-20)12-4-2-1-3-5-12/h1-5,8-9,20H,6-7H2. The van der Waals surface area contributed by atoms with Gasteiger partial charge >= 0.3 is 0 Å². The zero-order valence-electron chi connectivity index (χ0n) is 11.8. The molecule has 2 aromatic rings. The number of nitriles is 1. The number of aliphatic hydroxyl groups excluding tert-OH is 1. The van der Waals surface area contributed by atoms with Crippen LogP contribution in [0.3, 0.4) is 0 Å². The largest absolute Gasteiger partial charge is 0.394 e. The number of rotatable bonds is 5. The van der Waals surface area contributed by atoms with E-state index in [-0.39, 0.29) is 17.8 Å². The first kappa shape index (κ1) is 16.9. The second-order valence-corrected chi connectivity index (χ2v) is 6.32. The summed E-state index contributed by atoms with van der Waals surface area (Å²) in [5, 5.41) is 17.8. The van der Waals surface area contributed by atoms with Crippen LogP contribution in [0.1, 0.15) is 5.56 Å². The molecule has 0 unspecified atom stereocenters. The molecule has 0 saturated carbocycles. The Hall–Kier alpha value is -2.50. The van der Waals surface area contributed by atoms with Crippen LogP contribution in [-0.2, 0) is 10.0 Å². The van der Waals surface area contributed by atoms with Gasteiger partial charge in [0, 0.05) is 0 Å². The number of benzene rings is 2. The normalized spacial score (nSPS) is 11.0. The molecule has 2 rings (SSSR count). The van der Waals surface area contributed by atoms with E-state index in [0.717, 1.165) is 0 Å². The van der Waals surface area contributed by atoms with Crippen LogP contribution >= 0.6 is 0 Å². The summed E-state index contributed by atoms with van der Waals surface area (Å²) >= 11 is 0. The van der Waals surface area contributed by atoms with Crippen molar-refractivity contribution in [3.05, 3.63) is 59.7 Å². The zero-order chi connectivity index (χ0) is 17.0. The van der Waals surface area contributed by atoms with Crippen LogP contribution in [0.5, 0.6) is 0 Å². The Morgan fingerprint density at radius 2 is 1.70 bits per heavy atom. The molecule has 0 spiro atoms. The lowest BCUT2D eigenvalue weighted by Crippen LogP contribution is -2.34. The minimum absolute atomic E-state index is 0.157. The first-order chi connectivity index (χ1) is 10.9. The average Bonchev–Trinajstić information content (AvgIpc) is 2.52. The topological polar surface area (TPSA) is 81.4 Å². The van der Waals surface area contributed by atoms with Gasteiger partial charge in [-0.1, -0.05) is 18.2 Å². The molecule has 0 aliphatic heterocycles. The summed E-state index contributed by atoms with van der Waals surface area (Å²) in [5.41, 5.74) is -0.169. The maximum Gasteiger partial charge on any atom is 0.270 e. The van der Waals surface area contributed by atoms with Crippen LogP contribution in [0, 0.1) is 23.0 Å². The highest BCUT2D eigenvalue weighted by Crippen LogP contribution is 2.27. The molecule has 0 amide bonds. The first-order valence-electron chi connectivity index (χ1n) is 6.49. The SMILES string of the molecule is N#Cc1cc(F)c(S(=O)(=O)N(CCO)c2ccccc2)c(F)c1. The molecule has 120 valence electrons. The van der Waals surface area contributed by atoms with Gasteiger partial charge in [-0.25, -0.2) is 17.2 Å². The second kappa shape index (κ2) is 6.73. The van der Waals surface area contributed by atoms with Crippen molar-refractivity contribution in [3.8, 4) is 6.07 Å². The minimum atomic E-state index is -4.59. The minimum Gasteiger partial charge on any atom is -0.394 e. The van der Waals surface area contributed by atoms with Gasteiger partial charge in [0.2, 0.25) is 0 Å². The molecule has 0 aliphatic carbocycles. The van der Waals surface area contributed by atoms with Crippen molar-refractivity contribution in [1.29, 1.82) is 5.26 Å². The van der Waals surface area contributed by atoms with Gasteiger partial charge in [-0.2, -0.15) is 5.26 Å². The summed E-state index contributed by atoms with van der Waals surface area (Å²) in [6.07, 6.45) is 0. The van der Waals surface area contributed by atoms with Crippen LogP contribution < -0.4 is 4.31 Å². The fourth-order valence-electron chi connectivity index (χ4n) is 2.05. The summed E-state index contributed by atoms with van der Waals surface area (Å²) < 4.78 is 54.0. The summed E-state index contributed by atoms with van der Waals surface area (Å²) in [6, 6.07) is 10.5. The lowest BCUT2D eigenvalue weighted by Gasteiger charge is -2.24. The van der Waals surface area contributed by atoms with Crippen molar-refractivity contribution >= 4 is 15.7 Å². The van der Waals surface area contributed by atoms with Gasteiger partial charge in [0.15, 0.2) is 4.90 Å². The van der Waals surface area contributed by atoms with Crippen molar-refractivity contribution in [1.82, 2.24) is 0 Å². The first-order valence-corrected chi connectivity index (χ1v) is 7.93. The smallest absolute Gasteiger partial charge is 0.270 e. The lowest BCUT2D eigenvalue weighted by molar-refractivity contribution is 0.306. The van der Waals surface area contributed by atoms with Gasteiger partial charge in [0.25, 0.3) is 10.0 Å². The number of hydrogen-bond donors (Lipinski definition) is 1. The van der Waals surface area contributed by atoms with Crippen molar-refractivity contribution in [2.75, 3.05) is 17.5 Å². The van der Waals surface area contributed by atoms with E-state index in [1.807, 2.05) is 0 Å². The lowest BCUT2D eigenvalue weighted by atomic mass is 10.2. The quantitative estimate of drug-likeness (QED) is 0.904. The Kier molecular flexibility index (Phi) is 4.93. The van der Waals surface area contributed by atoms with E-state index in [0.29, 0.717) is 16.4 Å². The number of sulfonamides is 1. The average molecular weight is 338 g/mol. The fourth-order valence-corrected chi connectivity index (χ4v) is 3.61. The number of anilines is 1. The van der Waals surface area contributed by atoms with E-state index in [4.69, 9.17) is 10.4 Å². The van der Waals surface area contributed by atoms with Gasteiger partial charge in [-0.05, 0) is 24.3 Å². The highest BCUT2D eigenvalue weighted by molar-refractivity contribution is 7.92. The third-order valence-electron chi connectivity index (χ3n) is 3.02. The van der Waals surface area contributed by atoms with Crippen LogP contribution in [-0.4, -0.2) is 26.7 Å². The van der Waals surface area contributed by atoms with E-state index < -0.39 is 33.2 Å². The van der Waals surface area contributed by atoms with E-state index in [1.165, 1.54) is 12.1 Å². The van der Waals surface area contributed by atoms with Gasteiger partial charge in [0.05, 0.1) is 30.5 Å². The molecule has 0 aliphatic rings. The Morgan fingerprint density at radius 1 is 1.13 bits per heavy atom.